The smallest absolute Gasteiger partial charge is 0.256 e. The fourth-order valence-corrected chi connectivity index (χ4v) is 4.82. The number of piperidine rings is 1. The molecule has 7 heteroatoms. The van der Waals surface area contributed by atoms with Gasteiger partial charge in [0.25, 0.3) is 11.5 Å². The minimum Gasteiger partial charge on any atom is -0.338 e. The number of pyridine rings is 1. The molecule has 0 spiro atoms. The van der Waals surface area contributed by atoms with Crippen LogP contribution in [-0.2, 0) is 0 Å². The van der Waals surface area contributed by atoms with Gasteiger partial charge in [0.15, 0.2) is 0 Å². The number of amides is 1. The molecule has 0 N–H and O–H groups in total. The van der Waals surface area contributed by atoms with Gasteiger partial charge >= 0.3 is 0 Å². The standard InChI is InChI=1S/C21H23ClFN3O2/c1-24(2)12-19-14-8-13(18-4-3-5-20(27)26(18)19)10-25(11-14)21(28)16-9-15(22)6-7-17(16)23/h3-7,9,13-14,19H,8,10-12H2,1-2H3/t13-,14+,19+/m1/s1. The third-order valence-corrected chi connectivity index (χ3v) is 6.03. The zero-order valence-corrected chi connectivity index (χ0v) is 16.7. The summed E-state index contributed by atoms with van der Waals surface area (Å²) >= 11 is 5.98. The highest BCUT2D eigenvalue weighted by Crippen LogP contribution is 2.41. The number of halogens is 2. The number of carbonyl (C=O) groups excluding carboxylic acids is 1. The largest absolute Gasteiger partial charge is 0.338 e. The second kappa shape index (κ2) is 7.33. The lowest BCUT2D eigenvalue weighted by atomic mass is 9.78. The van der Waals surface area contributed by atoms with Crippen LogP contribution in [0.3, 0.4) is 0 Å². The summed E-state index contributed by atoms with van der Waals surface area (Å²) in [6.07, 6.45) is 0.920. The maximum absolute atomic E-state index is 14.2. The quantitative estimate of drug-likeness (QED) is 0.791. The summed E-state index contributed by atoms with van der Waals surface area (Å²) in [6.45, 7) is 1.68. The van der Waals surface area contributed by atoms with Crippen LogP contribution >= 0.6 is 11.6 Å². The predicted molar refractivity (Wildman–Crippen MR) is 106 cm³/mol. The van der Waals surface area contributed by atoms with Crippen LogP contribution in [0.5, 0.6) is 0 Å². The second-order valence-corrected chi connectivity index (χ2v) is 8.45. The molecule has 0 aliphatic carbocycles. The van der Waals surface area contributed by atoms with Crippen molar-refractivity contribution in [2.24, 2.45) is 5.92 Å². The lowest BCUT2D eigenvalue weighted by Gasteiger charge is -2.47. The van der Waals surface area contributed by atoms with Crippen molar-refractivity contribution < 1.29 is 9.18 Å². The zero-order chi connectivity index (χ0) is 20.0. The van der Waals surface area contributed by atoms with Crippen molar-refractivity contribution >= 4 is 17.5 Å². The van der Waals surface area contributed by atoms with Crippen LogP contribution in [0.25, 0.3) is 0 Å². The number of nitrogens with zero attached hydrogens (tertiary/aromatic N) is 3. The van der Waals surface area contributed by atoms with Crippen LogP contribution in [0.2, 0.25) is 5.02 Å². The Bertz CT molecular complexity index is 974. The van der Waals surface area contributed by atoms with Gasteiger partial charge in [-0.3, -0.25) is 9.59 Å². The Kier molecular flexibility index (Phi) is 5.02. The summed E-state index contributed by atoms with van der Waals surface area (Å²) in [6, 6.07) is 9.38. The molecular weight excluding hydrogens is 381 g/mol. The minimum atomic E-state index is -0.563. The molecule has 5 nitrogen and oxygen atoms in total. The summed E-state index contributed by atoms with van der Waals surface area (Å²) in [5.41, 5.74) is 0.960. The number of aromatic nitrogens is 1. The van der Waals surface area contributed by atoms with E-state index >= 15 is 0 Å². The van der Waals surface area contributed by atoms with Crippen LogP contribution in [0.1, 0.15) is 34.4 Å². The lowest BCUT2D eigenvalue weighted by Crippen LogP contribution is -2.52. The maximum atomic E-state index is 14.2. The van der Waals surface area contributed by atoms with Gasteiger partial charge in [-0.2, -0.15) is 0 Å². The Labute approximate surface area is 168 Å². The first-order valence-corrected chi connectivity index (χ1v) is 9.83. The predicted octanol–water partition coefficient (Wildman–Crippen LogP) is 3.00. The molecule has 1 fully saturated rings. The Balaban J connectivity index is 1.71. The first-order valence-electron chi connectivity index (χ1n) is 9.45. The molecule has 1 amide bonds. The summed E-state index contributed by atoms with van der Waals surface area (Å²) in [5, 5.41) is 0.337. The van der Waals surface area contributed by atoms with Crippen molar-refractivity contribution in [2.75, 3.05) is 33.7 Å². The van der Waals surface area contributed by atoms with Gasteiger partial charge in [-0.05, 0) is 50.7 Å². The van der Waals surface area contributed by atoms with E-state index in [9.17, 15) is 14.0 Å². The number of rotatable bonds is 3. The van der Waals surface area contributed by atoms with Crippen molar-refractivity contribution in [1.29, 1.82) is 0 Å². The van der Waals surface area contributed by atoms with E-state index in [2.05, 4.69) is 4.90 Å². The SMILES string of the molecule is CN(C)C[C@H]1[C@H]2C[C@H](CN(C(=O)c3cc(Cl)ccc3F)C2)c2cccc(=O)n21. The Morgan fingerprint density at radius 1 is 1.25 bits per heavy atom. The normalized spacial score (nSPS) is 23.6. The molecule has 1 aromatic heterocycles. The first-order chi connectivity index (χ1) is 13.3. The molecule has 1 saturated heterocycles. The van der Waals surface area contributed by atoms with Crippen LogP contribution in [0.15, 0.2) is 41.2 Å². The molecule has 148 valence electrons. The first kappa shape index (κ1) is 19.2. The van der Waals surface area contributed by atoms with E-state index in [1.165, 1.54) is 18.2 Å². The molecule has 0 unspecified atom stereocenters. The Morgan fingerprint density at radius 3 is 2.79 bits per heavy atom. The van der Waals surface area contributed by atoms with Gasteiger partial charge in [-0.15, -0.1) is 0 Å². The van der Waals surface area contributed by atoms with Crippen LogP contribution in [0.4, 0.5) is 4.39 Å². The summed E-state index contributed by atoms with van der Waals surface area (Å²) in [4.78, 5) is 29.4. The average molecular weight is 404 g/mol. The van der Waals surface area contributed by atoms with E-state index in [-0.39, 0.29) is 34.9 Å². The van der Waals surface area contributed by atoms with Crippen LogP contribution in [0, 0.1) is 11.7 Å². The second-order valence-electron chi connectivity index (χ2n) is 8.02. The van der Waals surface area contributed by atoms with Crippen molar-refractivity contribution in [1.82, 2.24) is 14.4 Å². The molecule has 3 atom stereocenters. The van der Waals surface area contributed by atoms with Crippen molar-refractivity contribution in [3.8, 4) is 0 Å². The monoisotopic (exact) mass is 403 g/mol. The zero-order valence-electron chi connectivity index (χ0n) is 15.9. The summed E-state index contributed by atoms with van der Waals surface area (Å²) in [7, 11) is 3.96. The van der Waals surface area contributed by atoms with Gasteiger partial charge < -0.3 is 14.4 Å². The fourth-order valence-electron chi connectivity index (χ4n) is 4.65. The molecule has 28 heavy (non-hydrogen) atoms. The van der Waals surface area contributed by atoms with Gasteiger partial charge in [-0.25, -0.2) is 4.39 Å². The molecule has 0 radical (unpaired) electrons. The van der Waals surface area contributed by atoms with E-state index in [0.29, 0.717) is 24.7 Å². The third kappa shape index (κ3) is 3.35. The number of likely N-dealkylation sites (N-methyl/N-ethyl adjacent to an activating group) is 1. The molecule has 1 aromatic carbocycles. The molecule has 3 heterocycles. The van der Waals surface area contributed by atoms with E-state index < -0.39 is 5.82 Å². The van der Waals surface area contributed by atoms with Crippen molar-refractivity contribution in [3.63, 3.8) is 0 Å². The minimum absolute atomic E-state index is 0.000267. The van der Waals surface area contributed by atoms with Gasteiger partial charge in [0.2, 0.25) is 0 Å². The lowest BCUT2D eigenvalue weighted by molar-refractivity contribution is 0.0494. The number of hydrogen-bond donors (Lipinski definition) is 0. The highest BCUT2D eigenvalue weighted by Gasteiger charge is 2.42. The fraction of sp³-hybridized carbons (Fsp3) is 0.429. The average Bonchev–Trinajstić information content (AvgIpc) is 2.66. The Morgan fingerprint density at radius 2 is 2.04 bits per heavy atom. The molecular formula is C21H23ClFN3O2. The number of likely N-dealkylation sites (tertiary alicyclic amines) is 1. The number of hydrogen-bond acceptors (Lipinski definition) is 3. The van der Waals surface area contributed by atoms with Gasteiger partial charge in [-0.1, -0.05) is 17.7 Å². The summed E-state index contributed by atoms with van der Waals surface area (Å²) < 4.78 is 16.2. The van der Waals surface area contributed by atoms with Gasteiger partial charge in [0, 0.05) is 42.3 Å². The Hall–Kier alpha value is -2.18. The molecule has 2 aromatic rings. The van der Waals surface area contributed by atoms with Gasteiger partial charge in [0.1, 0.15) is 5.82 Å². The summed E-state index contributed by atoms with van der Waals surface area (Å²) in [5.74, 6) is -0.700. The number of carbonyl (C=O) groups is 1. The molecule has 2 bridgehead atoms. The third-order valence-electron chi connectivity index (χ3n) is 5.80. The van der Waals surface area contributed by atoms with Crippen LogP contribution < -0.4 is 5.56 Å². The van der Waals surface area contributed by atoms with E-state index in [4.69, 9.17) is 11.6 Å². The molecule has 2 aliphatic rings. The maximum Gasteiger partial charge on any atom is 0.256 e. The molecule has 0 saturated carbocycles. The molecule has 4 rings (SSSR count). The van der Waals surface area contributed by atoms with Gasteiger partial charge in [0.05, 0.1) is 11.6 Å². The topological polar surface area (TPSA) is 45.6 Å². The highest BCUT2D eigenvalue weighted by molar-refractivity contribution is 6.31. The highest BCUT2D eigenvalue weighted by atomic mass is 35.5. The van der Waals surface area contributed by atoms with E-state index in [1.807, 2.05) is 24.7 Å². The van der Waals surface area contributed by atoms with Crippen molar-refractivity contribution in [3.05, 3.63) is 68.8 Å². The number of benzene rings is 1. The molecule has 2 aliphatic heterocycles. The van der Waals surface area contributed by atoms with E-state index in [1.54, 1.807) is 17.0 Å². The number of fused-ring (bicyclic) bond motifs is 4. The van der Waals surface area contributed by atoms with E-state index in [0.717, 1.165) is 12.1 Å². The van der Waals surface area contributed by atoms with Crippen LogP contribution in [-0.4, -0.2) is 54.0 Å². The van der Waals surface area contributed by atoms with Crippen molar-refractivity contribution in [2.45, 2.75) is 18.4 Å².